The van der Waals surface area contributed by atoms with Gasteiger partial charge in [0.2, 0.25) is 0 Å². The Kier molecular flexibility index (Phi) is 5.08. The number of rotatable bonds is 6. The lowest BCUT2D eigenvalue weighted by molar-refractivity contribution is 0.186. The average Bonchev–Trinajstić information content (AvgIpc) is 3.10. The fourth-order valence-corrected chi connectivity index (χ4v) is 3.20. The highest BCUT2D eigenvalue weighted by Gasteiger charge is 2.11. The Balaban J connectivity index is 2.05. The highest BCUT2D eigenvalue weighted by atomic mass is 32.1. The van der Waals surface area contributed by atoms with E-state index in [0.29, 0.717) is 13.2 Å². The van der Waals surface area contributed by atoms with E-state index >= 15 is 0 Å². The molecule has 0 aliphatic heterocycles. The van der Waals surface area contributed by atoms with Crippen molar-refractivity contribution in [1.29, 1.82) is 0 Å². The fraction of sp³-hybridized carbons (Fsp3) is 0.222. The van der Waals surface area contributed by atoms with Crippen molar-refractivity contribution in [3.05, 3.63) is 58.3 Å². The molecular weight excluding hydrogens is 322 g/mol. The Morgan fingerprint density at radius 2 is 2.00 bits per heavy atom. The van der Waals surface area contributed by atoms with Gasteiger partial charge in [-0.1, -0.05) is 24.3 Å². The maximum Gasteiger partial charge on any atom is 0.250 e. The Morgan fingerprint density at radius 3 is 2.71 bits per heavy atom. The smallest absolute Gasteiger partial charge is 0.250 e. The van der Waals surface area contributed by atoms with Crippen LogP contribution in [0.5, 0.6) is 0 Å². The molecule has 0 saturated carbocycles. The lowest BCUT2D eigenvalue weighted by Crippen LogP contribution is -2.20. The van der Waals surface area contributed by atoms with Crippen molar-refractivity contribution in [1.82, 2.24) is 9.55 Å². The zero-order valence-electron chi connectivity index (χ0n) is 13.7. The second-order valence-corrected chi connectivity index (χ2v) is 6.13. The summed E-state index contributed by atoms with van der Waals surface area (Å²) in [4.78, 5) is 16.6. The summed E-state index contributed by atoms with van der Waals surface area (Å²) in [7, 11) is 3.49. The molecule has 0 radical (unpaired) electrons. The highest BCUT2D eigenvalue weighted by Crippen LogP contribution is 2.33. The van der Waals surface area contributed by atoms with Gasteiger partial charge in [-0.25, -0.2) is 4.98 Å². The number of hydrogen-bond acceptors (Lipinski definition) is 5. The van der Waals surface area contributed by atoms with Crippen LogP contribution in [0.15, 0.2) is 52.8 Å². The number of aromatic nitrogens is 2. The lowest BCUT2D eigenvalue weighted by Gasteiger charge is -2.11. The van der Waals surface area contributed by atoms with E-state index in [9.17, 15) is 4.79 Å². The van der Waals surface area contributed by atoms with Crippen molar-refractivity contribution >= 4 is 16.5 Å². The van der Waals surface area contributed by atoms with Crippen LogP contribution < -0.4 is 10.9 Å². The first-order valence-corrected chi connectivity index (χ1v) is 8.53. The van der Waals surface area contributed by atoms with Gasteiger partial charge in [0.25, 0.3) is 5.56 Å². The zero-order chi connectivity index (χ0) is 16.9. The minimum Gasteiger partial charge on any atom is -0.383 e. The van der Waals surface area contributed by atoms with Crippen molar-refractivity contribution in [2.24, 2.45) is 0 Å². The van der Waals surface area contributed by atoms with Crippen LogP contribution in [0.1, 0.15) is 0 Å². The van der Waals surface area contributed by atoms with Gasteiger partial charge >= 0.3 is 0 Å². The summed E-state index contributed by atoms with van der Waals surface area (Å²) in [6, 6.07) is 11.5. The van der Waals surface area contributed by atoms with Crippen LogP contribution in [0.3, 0.4) is 0 Å². The molecule has 0 spiro atoms. The second-order valence-electron chi connectivity index (χ2n) is 5.28. The summed E-state index contributed by atoms with van der Waals surface area (Å²) in [6.45, 7) is 1.04. The van der Waals surface area contributed by atoms with Crippen molar-refractivity contribution < 1.29 is 4.74 Å². The summed E-state index contributed by atoms with van der Waals surface area (Å²) in [6.07, 6.45) is 1.88. The number of anilines is 1. The van der Waals surface area contributed by atoms with Crippen molar-refractivity contribution in [2.45, 2.75) is 6.54 Å². The number of ether oxygens (including phenoxy) is 1. The van der Waals surface area contributed by atoms with E-state index < -0.39 is 0 Å². The Bertz CT molecular complexity index is 886. The molecule has 3 aromatic rings. The predicted octanol–water partition coefficient (Wildman–Crippen LogP) is 3.33. The number of thiazole rings is 1. The molecule has 1 aromatic carbocycles. The van der Waals surface area contributed by atoms with Crippen LogP contribution in [-0.4, -0.2) is 30.3 Å². The van der Waals surface area contributed by atoms with Gasteiger partial charge in [-0.05, 0) is 17.2 Å². The van der Waals surface area contributed by atoms with Crippen LogP contribution in [0.4, 0.5) is 5.13 Å². The van der Waals surface area contributed by atoms with E-state index in [1.165, 1.54) is 0 Å². The Labute approximate surface area is 144 Å². The van der Waals surface area contributed by atoms with Crippen LogP contribution >= 0.6 is 11.3 Å². The van der Waals surface area contributed by atoms with Gasteiger partial charge in [0.1, 0.15) is 0 Å². The number of pyridine rings is 1. The molecule has 5 nitrogen and oxygen atoms in total. The van der Waals surface area contributed by atoms with Gasteiger partial charge in [0.15, 0.2) is 5.13 Å². The molecule has 0 amide bonds. The van der Waals surface area contributed by atoms with Gasteiger partial charge in [0, 0.05) is 43.9 Å². The van der Waals surface area contributed by atoms with Gasteiger partial charge in [-0.15, -0.1) is 11.3 Å². The summed E-state index contributed by atoms with van der Waals surface area (Å²) in [5, 5.41) is 5.98. The summed E-state index contributed by atoms with van der Waals surface area (Å²) < 4.78 is 6.76. The number of nitrogens with one attached hydrogen (secondary N) is 1. The van der Waals surface area contributed by atoms with Crippen LogP contribution in [0, 0.1) is 0 Å². The fourth-order valence-electron chi connectivity index (χ4n) is 2.53. The van der Waals surface area contributed by atoms with E-state index in [1.807, 2.05) is 42.9 Å². The van der Waals surface area contributed by atoms with Gasteiger partial charge in [0.05, 0.1) is 12.3 Å². The standard InChI is InChI=1S/C18H19N3O2S/c1-19-18-20-16(12-24-18)15-6-4-3-5-14(15)13-7-8-17(22)21(11-13)9-10-23-2/h3-8,11-12H,9-10H2,1-2H3,(H,19,20). The molecule has 2 aromatic heterocycles. The van der Waals surface area contributed by atoms with Gasteiger partial charge in [-0.2, -0.15) is 0 Å². The number of methoxy groups -OCH3 is 1. The van der Waals surface area contributed by atoms with E-state index in [1.54, 1.807) is 29.1 Å². The molecule has 0 saturated heterocycles. The average molecular weight is 341 g/mol. The number of benzene rings is 1. The SMILES string of the molecule is CNc1nc(-c2ccccc2-c2ccc(=O)n(CCOC)c2)cs1. The molecule has 0 bridgehead atoms. The molecule has 0 aliphatic rings. The molecule has 2 heterocycles. The van der Waals surface area contributed by atoms with E-state index in [2.05, 4.69) is 16.4 Å². The van der Waals surface area contributed by atoms with Crippen molar-refractivity contribution in [2.75, 3.05) is 26.1 Å². The molecule has 0 unspecified atom stereocenters. The van der Waals surface area contributed by atoms with Crippen molar-refractivity contribution in [3.8, 4) is 22.4 Å². The van der Waals surface area contributed by atoms with E-state index in [-0.39, 0.29) is 5.56 Å². The molecule has 3 rings (SSSR count). The largest absolute Gasteiger partial charge is 0.383 e. The minimum absolute atomic E-state index is 0.0283. The molecule has 0 atom stereocenters. The monoisotopic (exact) mass is 341 g/mol. The summed E-state index contributed by atoms with van der Waals surface area (Å²) in [5.41, 5.74) is 3.98. The second kappa shape index (κ2) is 7.42. The van der Waals surface area contributed by atoms with E-state index in [0.717, 1.165) is 27.5 Å². The molecule has 1 N–H and O–H groups in total. The van der Waals surface area contributed by atoms with Crippen molar-refractivity contribution in [3.63, 3.8) is 0 Å². The maximum absolute atomic E-state index is 12.0. The quantitative estimate of drug-likeness (QED) is 0.747. The summed E-state index contributed by atoms with van der Waals surface area (Å²) in [5.74, 6) is 0. The molecule has 6 heteroatoms. The van der Waals surface area contributed by atoms with Crippen LogP contribution in [-0.2, 0) is 11.3 Å². The molecule has 0 fully saturated rings. The molecule has 0 aliphatic carbocycles. The Morgan fingerprint density at radius 1 is 1.21 bits per heavy atom. The third kappa shape index (κ3) is 3.39. The lowest BCUT2D eigenvalue weighted by atomic mass is 9.99. The van der Waals surface area contributed by atoms with Gasteiger partial charge in [-0.3, -0.25) is 4.79 Å². The topological polar surface area (TPSA) is 56.2 Å². The van der Waals surface area contributed by atoms with E-state index in [4.69, 9.17) is 4.74 Å². The molecular formula is C18H19N3O2S. The van der Waals surface area contributed by atoms with Crippen LogP contribution in [0.2, 0.25) is 0 Å². The molecule has 124 valence electrons. The number of hydrogen-bond donors (Lipinski definition) is 1. The molecule has 24 heavy (non-hydrogen) atoms. The van der Waals surface area contributed by atoms with Gasteiger partial charge < -0.3 is 14.6 Å². The normalized spacial score (nSPS) is 10.8. The third-order valence-electron chi connectivity index (χ3n) is 3.75. The Hall–Kier alpha value is -2.44. The highest BCUT2D eigenvalue weighted by molar-refractivity contribution is 7.14. The zero-order valence-corrected chi connectivity index (χ0v) is 14.5. The first kappa shape index (κ1) is 16.4. The van der Waals surface area contributed by atoms with Crippen LogP contribution in [0.25, 0.3) is 22.4 Å². The first-order valence-electron chi connectivity index (χ1n) is 7.65. The predicted molar refractivity (Wildman–Crippen MR) is 98.7 cm³/mol. The minimum atomic E-state index is -0.0283. The number of nitrogens with zero attached hydrogens (tertiary/aromatic N) is 2. The maximum atomic E-state index is 12.0. The third-order valence-corrected chi connectivity index (χ3v) is 4.61. The summed E-state index contributed by atoms with van der Waals surface area (Å²) >= 11 is 1.57. The first-order chi connectivity index (χ1) is 11.7.